The highest BCUT2D eigenvalue weighted by molar-refractivity contribution is 5.99. The second kappa shape index (κ2) is 19.6. The van der Waals surface area contributed by atoms with Gasteiger partial charge in [-0.05, 0) is 78.1 Å². The lowest BCUT2D eigenvalue weighted by Gasteiger charge is -2.18. The molecule has 0 aliphatic heterocycles. The first-order valence-electron chi connectivity index (χ1n) is 17.1. The largest absolute Gasteiger partial charge is 0.342 e. The van der Waals surface area contributed by atoms with Crippen LogP contribution in [0.25, 0.3) is 0 Å². The quantitative estimate of drug-likeness (QED) is 0.136. The molecule has 0 radical (unpaired) electrons. The number of rotatable bonds is 14. The molecule has 0 bridgehead atoms. The molecule has 2 amide bonds. The van der Waals surface area contributed by atoms with E-state index in [1.54, 1.807) is 67.1 Å². The number of Topliss-reactive ketones (excluding diaryl/α,β-unsaturated/α-hetero) is 2. The fourth-order valence-corrected chi connectivity index (χ4v) is 5.48. The number of pyridine rings is 2. The van der Waals surface area contributed by atoms with Gasteiger partial charge in [0.25, 0.3) is 11.8 Å². The van der Waals surface area contributed by atoms with E-state index in [4.69, 9.17) is 0 Å². The summed E-state index contributed by atoms with van der Waals surface area (Å²) < 4.78 is 0. The number of hydrogen-bond donors (Lipinski definition) is 2. The van der Waals surface area contributed by atoms with Gasteiger partial charge in [0.05, 0.1) is 18.5 Å². The summed E-state index contributed by atoms with van der Waals surface area (Å²) >= 11 is 0. The number of benzene rings is 4. The first kappa shape index (κ1) is 36.7. The Morgan fingerprint density at radius 2 is 0.865 bits per heavy atom. The molecule has 0 aliphatic rings. The Balaban J connectivity index is 0.000000201. The first-order chi connectivity index (χ1) is 25.4. The summed E-state index contributed by atoms with van der Waals surface area (Å²) in [7, 11) is 0. The molecule has 0 fully saturated rings. The van der Waals surface area contributed by atoms with Gasteiger partial charge in [-0.1, -0.05) is 103 Å². The number of carbonyl (C=O) groups excluding carboxylic acids is 4. The minimum absolute atomic E-state index is 0.0238. The Kier molecular flexibility index (Phi) is 13.8. The molecule has 2 heterocycles. The van der Waals surface area contributed by atoms with Crippen molar-refractivity contribution < 1.29 is 19.2 Å². The summed E-state index contributed by atoms with van der Waals surface area (Å²) in [4.78, 5) is 58.9. The average molecular weight is 689 g/mol. The van der Waals surface area contributed by atoms with Crippen molar-refractivity contribution in [1.82, 2.24) is 20.6 Å². The third kappa shape index (κ3) is 11.8. The summed E-state index contributed by atoms with van der Waals surface area (Å²) in [6.07, 6.45) is 6.35. The van der Waals surface area contributed by atoms with Crippen LogP contribution in [0.4, 0.5) is 0 Å². The van der Waals surface area contributed by atoms with Gasteiger partial charge in [-0.3, -0.25) is 29.1 Å². The summed E-state index contributed by atoms with van der Waals surface area (Å²) in [5.74, 6) is -0.573. The van der Waals surface area contributed by atoms with Gasteiger partial charge in [0.1, 0.15) is 0 Å². The maximum absolute atomic E-state index is 12.8. The van der Waals surface area contributed by atoms with Crippen LogP contribution in [0, 0.1) is 0 Å². The van der Waals surface area contributed by atoms with E-state index in [0.29, 0.717) is 29.7 Å². The van der Waals surface area contributed by atoms with Crippen LogP contribution < -0.4 is 10.6 Å². The van der Waals surface area contributed by atoms with Gasteiger partial charge in [-0.15, -0.1) is 0 Å². The highest BCUT2D eigenvalue weighted by Gasteiger charge is 2.23. The van der Waals surface area contributed by atoms with Crippen LogP contribution in [0.15, 0.2) is 170 Å². The Hall–Kier alpha value is -6.54. The van der Waals surface area contributed by atoms with E-state index in [-0.39, 0.29) is 36.2 Å². The molecule has 2 atom stereocenters. The molecule has 8 nitrogen and oxygen atoms in total. The highest BCUT2D eigenvalue weighted by Crippen LogP contribution is 2.11. The van der Waals surface area contributed by atoms with Gasteiger partial charge >= 0.3 is 0 Å². The zero-order valence-corrected chi connectivity index (χ0v) is 28.7. The Bertz CT molecular complexity index is 1850. The number of ketones is 2. The van der Waals surface area contributed by atoms with Crippen molar-refractivity contribution in [3.63, 3.8) is 0 Å². The van der Waals surface area contributed by atoms with Crippen LogP contribution in [-0.4, -0.2) is 45.4 Å². The van der Waals surface area contributed by atoms with E-state index < -0.39 is 12.1 Å². The molecule has 0 aliphatic carbocycles. The van der Waals surface area contributed by atoms with E-state index >= 15 is 0 Å². The molecule has 52 heavy (non-hydrogen) atoms. The summed E-state index contributed by atoms with van der Waals surface area (Å²) in [6.45, 7) is 0. The van der Waals surface area contributed by atoms with Crippen LogP contribution in [0.1, 0.15) is 43.1 Å². The first-order valence-corrected chi connectivity index (χ1v) is 17.1. The highest BCUT2D eigenvalue weighted by atomic mass is 16.2. The fraction of sp³-hybridized carbons (Fsp3) is 0.136. The predicted octanol–water partition coefficient (Wildman–Crippen LogP) is 6.47. The molecule has 0 spiro atoms. The second-order valence-electron chi connectivity index (χ2n) is 12.1. The number of nitrogens with zero attached hydrogens (tertiary/aromatic N) is 2. The van der Waals surface area contributed by atoms with Crippen molar-refractivity contribution in [2.45, 2.75) is 37.8 Å². The lowest BCUT2D eigenvalue weighted by molar-refractivity contribution is -0.121. The van der Waals surface area contributed by atoms with Crippen LogP contribution >= 0.6 is 0 Å². The van der Waals surface area contributed by atoms with Crippen molar-refractivity contribution in [3.05, 3.63) is 204 Å². The van der Waals surface area contributed by atoms with Gasteiger partial charge in [0, 0.05) is 41.8 Å². The molecule has 8 heteroatoms. The van der Waals surface area contributed by atoms with Gasteiger partial charge in [0.15, 0.2) is 11.6 Å². The molecule has 2 N–H and O–H groups in total. The molecule has 0 saturated carbocycles. The molecule has 6 aromatic rings. The molecular weight excluding hydrogens is 649 g/mol. The van der Waals surface area contributed by atoms with E-state index in [1.807, 2.05) is 103 Å². The van der Waals surface area contributed by atoms with Crippen molar-refractivity contribution >= 4 is 23.4 Å². The van der Waals surface area contributed by atoms with Crippen molar-refractivity contribution in [2.75, 3.05) is 0 Å². The third-order valence-electron chi connectivity index (χ3n) is 8.23. The minimum Gasteiger partial charge on any atom is -0.342 e. The number of aromatic nitrogens is 2. The van der Waals surface area contributed by atoms with Crippen molar-refractivity contribution in [2.24, 2.45) is 0 Å². The molecule has 6 rings (SSSR count). The fourth-order valence-electron chi connectivity index (χ4n) is 5.48. The van der Waals surface area contributed by atoms with Crippen LogP contribution in [0.2, 0.25) is 0 Å². The van der Waals surface area contributed by atoms with Gasteiger partial charge in [0.2, 0.25) is 0 Å². The Labute approximate surface area is 304 Å². The summed E-state index contributed by atoms with van der Waals surface area (Å²) in [6, 6.07) is 45.2. The van der Waals surface area contributed by atoms with Gasteiger partial charge in [-0.25, -0.2) is 0 Å². The Morgan fingerprint density at radius 1 is 0.442 bits per heavy atom. The van der Waals surface area contributed by atoms with Crippen molar-refractivity contribution in [1.29, 1.82) is 0 Å². The van der Waals surface area contributed by atoms with E-state index in [9.17, 15) is 19.2 Å². The smallest absolute Gasteiger partial charge is 0.251 e. The minimum atomic E-state index is -0.605. The van der Waals surface area contributed by atoms with Crippen molar-refractivity contribution in [3.8, 4) is 0 Å². The number of nitrogens with one attached hydrogen (secondary N) is 2. The molecule has 260 valence electrons. The molecule has 2 unspecified atom stereocenters. The number of hydrogen-bond acceptors (Lipinski definition) is 6. The standard InChI is InChI=1S/2C22H20N2O2/c25-21(16-19-13-7-8-14-23-19)20(15-17-9-3-1-4-10-17)24-22(26)18-11-5-2-6-12-18;25-21(16-18-11-13-23-14-12-18)20(15-17-7-3-1-4-8-17)24-22(26)19-9-5-2-6-10-19/h2*1-14,20H,15-16H2,(H,24,26). The zero-order chi connectivity index (χ0) is 36.4. The normalized spacial score (nSPS) is 11.5. The van der Waals surface area contributed by atoms with Crippen LogP contribution in [0.3, 0.4) is 0 Å². The van der Waals surface area contributed by atoms with Crippen LogP contribution in [0.5, 0.6) is 0 Å². The topological polar surface area (TPSA) is 118 Å². The average Bonchev–Trinajstić information content (AvgIpc) is 3.20. The third-order valence-corrected chi connectivity index (χ3v) is 8.23. The predicted molar refractivity (Wildman–Crippen MR) is 202 cm³/mol. The number of carbonyl (C=O) groups is 4. The summed E-state index contributed by atoms with van der Waals surface area (Å²) in [5, 5.41) is 5.78. The zero-order valence-electron chi connectivity index (χ0n) is 28.7. The maximum atomic E-state index is 12.8. The van der Waals surface area contributed by atoms with E-state index in [2.05, 4.69) is 20.6 Å². The van der Waals surface area contributed by atoms with E-state index in [1.165, 1.54) is 0 Å². The monoisotopic (exact) mass is 688 g/mol. The Morgan fingerprint density at radius 3 is 1.31 bits per heavy atom. The van der Waals surface area contributed by atoms with Gasteiger partial charge in [-0.2, -0.15) is 0 Å². The molecule has 2 aromatic heterocycles. The number of amides is 2. The lowest BCUT2D eigenvalue weighted by Crippen LogP contribution is -2.43. The second-order valence-corrected chi connectivity index (χ2v) is 12.1. The van der Waals surface area contributed by atoms with Gasteiger partial charge < -0.3 is 10.6 Å². The maximum Gasteiger partial charge on any atom is 0.251 e. The van der Waals surface area contributed by atoms with Crippen LogP contribution in [-0.2, 0) is 35.3 Å². The molecular formula is C44H40N4O4. The van der Waals surface area contributed by atoms with E-state index in [0.717, 1.165) is 16.7 Å². The summed E-state index contributed by atoms with van der Waals surface area (Å²) in [5.41, 5.74) is 4.68. The SMILES string of the molecule is O=C(NC(Cc1ccccc1)C(=O)Cc1ccccn1)c1ccccc1.O=C(NC(Cc1ccccc1)C(=O)Cc1ccncc1)c1ccccc1. The lowest BCUT2D eigenvalue weighted by atomic mass is 9.97. The molecule has 0 saturated heterocycles. The molecule has 4 aromatic carbocycles.